The fourth-order valence-corrected chi connectivity index (χ4v) is 3.29. The molecule has 2 aromatic rings. The molecule has 30 heavy (non-hydrogen) atoms. The largest absolute Gasteiger partial charge is 0.478 e. The molecule has 1 aromatic heterocycles. The molecule has 0 bridgehead atoms. The van der Waals surface area contributed by atoms with Crippen LogP contribution in [0.25, 0.3) is 0 Å². The summed E-state index contributed by atoms with van der Waals surface area (Å²) in [5.41, 5.74) is 0.00247. The van der Waals surface area contributed by atoms with Gasteiger partial charge >= 0.3 is 11.9 Å². The molecule has 8 heteroatoms. The van der Waals surface area contributed by atoms with E-state index in [1.54, 1.807) is 24.7 Å². The first-order valence-corrected chi connectivity index (χ1v) is 10.2. The van der Waals surface area contributed by atoms with Crippen LogP contribution >= 0.6 is 0 Å². The summed E-state index contributed by atoms with van der Waals surface area (Å²) in [6.07, 6.45) is 9.61. The number of carboxylic acids is 1. The van der Waals surface area contributed by atoms with Crippen LogP contribution in [0, 0.1) is 0 Å². The van der Waals surface area contributed by atoms with Crippen molar-refractivity contribution in [3.8, 4) is 0 Å². The van der Waals surface area contributed by atoms with Crippen molar-refractivity contribution in [1.29, 1.82) is 0 Å². The number of hydrogen-bond acceptors (Lipinski definition) is 5. The van der Waals surface area contributed by atoms with Crippen molar-refractivity contribution in [3.05, 3.63) is 47.9 Å². The van der Waals surface area contributed by atoms with Gasteiger partial charge in [-0.2, -0.15) is 0 Å². The van der Waals surface area contributed by atoms with Gasteiger partial charge in [0.25, 0.3) is 5.91 Å². The van der Waals surface area contributed by atoms with E-state index < -0.39 is 11.9 Å². The number of carbonyl (C=O) groups excluding carboxylic acids is 2. The minimum atomic E-state index is -1.17. The Balaban J connectivity index is 2.09. The van der Waals surface area contributed by atoms with Crippen molar-refractivity contribution in [2.75, 3.05) is 12.4 Å². The fraction of sp³-hybridized carbons (Fsp3) is 0.455. The lowest BCUT2D eigenvalue weighted by Gasteiger charge is -2.18. The Hall–Kier alpha value is -3.16. The third-order valence-corrected chi connectivity index (χ3v) is 4.97. The molecular weight excluding hydrogens is 386 g/mol. The first-order chi connectivity index (χ1) is 14.5. The van der Waals surface area contributed by atoms with Gasteiger partial charge in [-0.3, -0.25) is 9.59 Å². The van der Waals surface area contributed by atoms with Gasteiger partial charge in [0.15, 0.2) is 5.82 Å². The van der Waals surface area contributed by atoms with E-state index in [2.05, 4.69) is 17.2 Å². The van der Waals surface area contributed by atoms with Crippen molar-refractivity contribution < 1.29 is 24.2 Å². The van der Waals surface area contributed by atoms with Crippen LogP contribution in [-0.2, 0) is 9.53 Å². The number of unbranched alkanes of at least 4 members (excludes halogenated alkanes) is 3. The lowest BCUT2D eigenvalue weighted by Crippen LogP contribution is -2.16. The van der Waals surface area contributed by atoms with E-state index in [0.29, 0.717) is 18.7 Å². The topological polar surface area (TPSA) is 111 Å². The molecule has 1 aromatic carbocycles. The quantitative estimate of drug-likeness (QED) is 0.395. The number of nitrogens with one attached hydrogen (secondary N) is 1. The summed E-state index contributed by atoms with van der Waals surface area (Å²) in [5, 5.41) is 11.9. The van der Waals surface area contributed by atoms with Crippen LogP contribution in [0.15, 0.2) is 36.8 Å². The average Bonchev–Trinajstić information content (AvgIpc) is 3.21. The number of aromatic carboxylic acids is 1. The molecule has 1 heterocycles. The van der Waals surface area contributed by atoms with Crippen LogP contribution in [0.2, 0.25) is 0 Å². The van der Waals surface area contributed by atoms with Gasteiger partial charge in [0.05, 0.1) is 24.6 Å². The molecule has 1 unspecified atom stereocenters. The normalized spacial score (nSPS) is 11.7. The summed E-state index contributed by atoms with van der Waals surface area (Å²) in [7, 11) is 1.37. The van der Waals surface area contributed by atoms with Crippen LogP contribution in [0.3, 0.4) is 0 Å². The maximum atomic E-state index is 12.5. The van der Waals surface area contributed by atoms with Crippen molar-refractivity contribution in [2.45, 2.75) is 57.9 Å². The zero-order valence-corrected chi connectivity index (χ0v) is 17.5. The number of hydrogen-bond donors (Lipinski definition) is 2. The molecule has 1 amide bonds. The van der Waals surface area contributed by atoms with Crippen LogP contribution in [0.1, 0.15) is 78.6 Å². The predicted molar refractivity (Wildman–Crippen MR) is 113 cm³/mol. The van der Waals surface area contributed by atoms with E-state index in [-0.39, 0.29) is 23.1 Å². The van der Waals surface area contributed by atoms with Gasteiger partial charge in [0.1, 0.15) is 0 Å². The molecular formula is C22H29N3O5. The van der Waals surface area contributed by atoms with E-state index in [4.69, 9.17) is 4.74 Å². The lowest BCUT2D eigenvalue weighted by molar-refractivity contribution is -0.140. The van der Waals surface area contributed by atoms with Gasteiger partial charge in [-0.05, 0) is 25.0 Å². The Labute approximate surface area is 176 Å². The maximum absolute atomic E-state index is 12.5. The zero-order chi connectivity index (χ0) is 21.9. The minimum absolute atomic E-state index is 0.0606. The maximum Gasteiger partial charge on any atom is 0.336 e. The molecule has 0 saturated heterocycles. The number of amides is 1. The summed E-state index contributed by atoms with van der Waals surface area (Å²) >= 11 is 0. The Bertz CT molecular complexity index is 862. The highest BCUT2D eigenvalue weighted by Gasteiger charge is 2.18. The minimum Gasteiger partial charge on any atom is -0.478 e. The summed E-state index contributed by atoms with van der Waals surface area (Å²) in [6, 6.07) is 6.08. The molecule has 0 radical (unpaired) electrons. The van der Waals surface area contributed by atoms with Crippen LogP contribution < -0.4 is 5.32 Å². The summed E-state index contributed by atoms with van der Waals surface area (Å²) in [5.74, 6) is -1.63. The van der Waals surface area contributed by atoms with Crippen LogP contribution in [0.4, 0.5) is 5.82 Å². The summed E-state index contributed by atoms with van der Waals surface area (Å²) in [4.78, 5) is 39.7. The highest BCUT2D eigenvalue weighted by molar-refractivity contribution is 6.10. The molecule has 0 aliphatic heterocycles. The number of nitrogens with zero attached hydrogens (tertiary/aromatic N) is 2. The SMILES string of the molecule is CCCCCCC(CCC(=O)OC)n1cnc(NC(=O)c2ccccc2C(=O)O)c1. The number of esters is 1. The second kappa shape index (κ2) is 11.7. The van der Waals surface area contributed by atoms with Crippen molar-refractivity contribution in [1.82, 2.24) is 9.55 Å². The Morgan fingerprint density at radius 1 is 1.13 bits per heavy atom. The Kier molecular flexibility index (Phi) is 9.05. The number of anilines is 1. The van der Waals surface area contributed by atoms with Gasteiger partial charge in [-0.25, -0.2) is 9.78 Å². The number of methoxy groups -OCH3 is 1. The number of ether oxygens (including phenoxy) is 1. The molecule has 0 fully saturated rings. The van der Waals surface area contributed by atoms with Crippen molar-refractivity contribution in [3.63, 3.8) is 0 Å². The van der Waals surface area contributed by atoms with Gasteiger partial charge in [0.2, 0.25) is 0 Å². The molecule has 2 rings (SSSR count). The molecule has 1 atom stereocenters. The number of aromatic nitrogens is 2. The Morgan fingerprint density at radius 2 is 1.87 bits per heavy atom. The van der Waals surface area contributed by atoms with E-state index in [0.717, 1.165) is 32.1 Å². The van der Waals surface area contributed by atoms with E-state index in [1.807, 2.05) is 4.57 Å². The van der Waals surface area contributed by atoms with Gasteiger partial charge in [0, 0.05) is 18.7 Å². The second-order valence-electron chi connectivity index (χ2n) is 7.13. The lowest BCUT2D eigenvalue weighted by atomic mass is 10.0. The second-order valence-corrected chi connectivity index (χ2v) is 7.13. The number of carboxylic acid groups (broad SMARTS) is 1. The number of rotatable bonds is 12. The predicted octanol–water partition coefficient (Wildman–Crippen LogP) is 4.30. The summed E-state index contributed by atoms with van der Waals surface area (Å²) in [6.45, 7) is 2.15. The standard InChI is InChI=1S/C22H29N3O5/c1-3-4-5-6-9-16(12-13-20(26)30-2)25-14-19(23-15-25)24-21(27)17-10-7-8-11-18(17)22(28)29/h7-8,10-11,14-16H,3-6,9,12-13H2,1-2H3,(H,24,27)(H,28,29). The van der Waals surface area contributed by atoms with Gasteiger partial charge in [-0.15, -0.1) is 0 Å². The highest BCUT2D eigenvalue weighted by Crippen LogP contribution is 2.24. The number of benzene rings is 1. The average molecular weight is 415 g/mol. The van der Waals surface area contributed by atoms with Crippen LogP contribution in [0.5, 0.6) is 0 Å². The van der Waals surface area contributed by atoms with Crippen molar-refractivity contribution >= 4 is 23.7 Å². The number of imidazole rings is 1. The van der Waals surface area contributed by atoms with Gasteiger partial charge < -0.3 is 19.7 Å². The zero-order valence-electron chi connectivity index (χ0n) is 17.5. The van der Waals surface area contributed by atoms with E-state index in [1.165, 1.54) is 19.2 Å². The van der Waals surface area contributed by atoms with Gasteiger partial charge in [-0.1, -0.05) is 44.7 Å². The molecule has 0 aliphatic carbocycles. The first-order valence-electron chi connectivity index (χ1n) is 10.2. The third-order valence-electron chi connectivity index (χ3n) is 4.97. The monoisotopic (exact) mass is 415 g/mol. The Morgan fingerprint density at radius 3 is 2.53 bits per heavy atom. The van der Waals surface area contributed by atoms with E-state index in [9.17, 15) is 19.5 Å². The first kappa shape index (κ1) is 23.1. The van der Waals surface area contributed by atoms with E-state index >= 15 is 0 Å². The molecule has 0 saturated carbocycles. The molecule has 0 aliphatic rings. The molecule has 2 N–H and O–H groups in total. The molecule has 8 nitrogen and oxygen atoms in total. The highest BCUT2D eigenvalue weighted by atomic mass is 16.5. The smallest absolute Gasteiger partial charge is 0.336 e. The number of carbonyl (C=O) groups is 3. The van der Waals surface area contributed by atoms with Crippen LogP contribution in [-0.4, -0.2) is 39.6 Å². The molecule has 162 valence electrons. The summed E-state index contributed by atoms with van der Waals surface area (Å²) < 4.78 is 6.64. The molecule has 0 spiro atoms. The van der Waals surface area contributed by atoms with Crippen molar-refractivity contribution in [2.24, 2.45) is 0 Å². The fourth-order valence-electron chi connectivity index (χ4n) is 3.29. The third kappa shape index (κ3) is 6.72.